The van der Waals surface area contributed by atoms with Crippen LogP contribution in [0.4, 0.5) is 0 Å². The Bertz CT molecular complexity index is 467. The Hall–Kier alpha value is -1.69. The molecule has 4 N–H and O–H groups in total. The molecule has 0 fully saturated rings. The van der Waals surface area contributed by atoms with Crippen molar-refractivity contribution in [1.82, 2.24) is 15.3 Å². The lowest BCUT2D eigenvalue weighted by atomic mass is 10.0. The van der Waals surface area contributed by atoms with E-state index in [1.54, 1.807) is 31.7 Å². The lowest BCUT2D eigenvalue weighted by Crippen LogP contribution is -2.29. The summed E-state index contributed by atoms with van der Waals surface area (Å²) in [5.74, 6) is 0. The molecule has 0 bridgehead atoms. The molecule has 0 aliphatic rings. The van der Waals surface area contributed by atoms with Crippen molar-refractivity contribution in [3.8, 4) is 11.3 Å². The zero-order chi connectivity index (χ0) is 13.0. The summed E-state index contributed by atoms with van der Waals surface area (Å²) in [7, 11) is 1.73. The van der Waals surface area contributed by atoms with Crippen LogP contribution in [-0.2, 0) is 0 Å². The topological polar surface area (TPSA) is 81.2 Å². The van der Waals surface area contributed by atoms with Crippen LogP contribution in [0.5, 0.6) is 0 Å². The van der Waals surface area contributed by atoms with Gasteiger partial charge in [0.15, 0.2) is 0 Å². The van der Waals surface area contributed by atoms with Crippen LogP contribution in [0.25, 0.3) is 11.3 Å². The third kappa shape index (κ3) is 2.76. The molecule has 2 unspecified atom stereocenters. The van der Waals surface area contributed by atoms with Crippen LogP contribution in [0.2, 0.25) is 0 Å². The molecule has 0 spiro atoms. The van der Waals surface area contributed by atoms with Crippen molar-refractivity contribution in [2.45, 2.75) is 12.2 Å². The number of hydrogen-bond donors (Lipinski definition) is 4. The summed E-state index contributed by atoms with van der Waals surface area (Å²) in [6.07, 6.45) is 1.66. The minimum Gasteiger partial charge on any atom is -0.389 e. The van der Waals surface area contributed by atoms with E-state index in [9.17, 15) is 10.2 Å². The van der Waals surface area contributed by atoms with E-state index in [1.807, 2.05) is 12.1 Å². The molecule has 0 aliphatic heterocycles. The third-order valence-corrected chi connectivity index (χ3v) is 2.84. The molecule has 2 atom stereocenters. The predicted octanol–water partition coefficient (Wildman–Crippen LogP) is 0.690. The van der Waals surface area contributed by atoms with E-state index in [-0.39, 0.29) is 0 Å². The van der Waals surface area contributed by atoms with Crippen LogP contribution in [0.15, 0.2) is 36.8 Å². The number of nitrogens with one attached hydrogen (secondary N) is 2. The van der Waals surface area contributed by atoms with Crippen molar-refractivity contribution in [2.75, 3.05) is 13.6 Å². The van der Waals surface area contributed by atoms with Crippen LogP contribution in [0.1, 0.15) is 11.7 Å². The van der Waals surface area contributed by atoms with Crippen LogP contribution in [0.3, 0.4) is 0 Å². The smallest absolute Gasteiger partial charge is 0.106 e. The maximum atomic E-state index is 9.93. The first-order chi connectivity index (χ1) is 8.72. The summed E-state index contributed by atoms with van der Waals surface area (Å²) in [6, 6.07) is 7.38. The molecule has 0 saturated carbocycles. The molecule has 2 rings (SSSR count). The van der Waals surface area contributed by atoms with Crippen LogP contribution in [-0.4, -0.2) is 39.9 Å². The van der Waals surface area contributed by atoms with E-state index in [1.165, 1.54) is 0 Å². The highest BCUT2D eigenvalue weighted by molar-refractivity contribution is 5.58. The van der Waals surface area contributed by atoms with E-state index in [0.717, 1.165) is 11.3 Å². The van der Waals surface area contributed by atoms with Crippen LogP contribution in [0, 0.1) is 0 Å². The molecule has 5 heteroatoms. The van der Waals surface area contributed by atoms with Gasteiger partial charge in [0.2, 0.25) is 0 Å². The highest BCUT2D eigenvalue weighted by atomic mass is 16.3. The molecule has 1 heterocycles. The number of H-pyrrole nitrogens is 1. The number of nitrogens with zero attached hydrogens (tertiary/aromatic N) is 1. The Morgan fingerprint density at radius 1 is 1.28 bits per heavy atom. The molecular weight excluding hydrogens is 230 g/mol. The molecule has 2 aromatic rings. The van der Waals surface area contributed by atoms with Crippen LogP contribution >= 0.6 is 0 Å². The second-order valence-electron chi connectivity index (χ2n) is 4.16. The molecule has 5 nitrogen and oxygen atoms in total. The summed E-state index contributed by atoms with van der Waals surface area (Å²) >= 11 is 0. The van der Waals surface area contributed by atoms with E-state index >= 15 is 0 Å². The number of likely N-dealkylation sites (N-methyl/N-ethyl adjacent to an activating group) is 1. The molecule has 0 amide bonds. The first kappa shape index (κ1) is 12.8. The monoisotopic (exact) mass is 247 g/mol. The fourth-order valence-corrected chi connectivity index (χ4v) is 1.82. The average Bonchev–Trinajstić information content (AvgIpc) is 2.92. The fourth-order valence-electron chi connectivity index (χ4n) is 1.82. The second-order valence-corrected chi connectivity index (χ2v) is 4.16. The van der Waals surface area contributed by atoms with Crippen molar-refractivity contribution in [3.05, 3.63) is 42.4 Å². The number of aliphatic hydroxyl groups is 2. The Labute approximate surface area is 106 Å². The SMILES string of the molecule is CNCC(O)C(O)c1ccc(-c2cnc[nH]2)cc1. The quantitative estimate of drug-likeness (QED) is 0.626. The summed E-state index contributed by atoms with van der Waals surface area (Å²) in [4.78, 5) is 6.97. The van der Waals surface area contributed by atoms with Crippen molar-refractivity contribution in [3.63, 3.8) is 0 Å². The van der Waals surface area contributed by atoms with Crippen molar-refractivity contribution in [1.29, 1.82) is 0 Å². The van der Waals surface area contributed by atoms with Gasteiger partial charge in [-0.3, -0.25) is 0 Å². The number of aliphatic hydroxyl groups excluding tert-OH is 2. The number of aromatic nitrogens is 2. The third-order valence-electron chi connectivity index (χ3n) is 2.84. The molecule has 1 aromatic heterocycles. The summed E-state index contributed by atoms with van der Waals surface area (Å²) < 4.78 is 0. The number of imidazole rings is 1. The average molecular weight is 247 g/mol. The summed E-state index contributed by atoms with van der Waals surface area (Å²) in [6.45, 7) is 0.351. The van der Waals surface area contributed by atoms with Gasteiger partial charge in [-0.15, -0.1) is 0 Å². The van der Waals surface area contributed by atoms with Gasteiger partial charge in [0.1, 0.15) is 6.10 Å². The normalized spacial score (nSPS) is 14.4. The number of aromatic amines is 1. The number of hydrogen-bond acceptors (Lipinski definition) is 4. The zero-order valence-corrected chi connectivity index (χ0v) is 10.2. The van der Waals surface area contributed by atoms with E-state index in [2.05, 4.69) is 15.3 Å². The van der Waals surface area contributed by atoms with Gasteiger partial charge in [-0.2, -0.15) is 0 Å². The number of rotatable bonds is 5. The summed E-state index contributed by atoms with van der Waals surface area (Å²) in [5.41, 5.74) is 2.61. The van der Waals surface area contributed by atoms with Gasteiger partial charge in [-0.1, -0.05) is 24.3 Å². The molecule has 18 heavy (non-hydrogen) atoms. The van der Waals surface area contributed by atoms with Crippen molar-refractivity contribution >= 4 is 0 Å². The molecule has 0 radical (unpaired) electrons. The van der Waals surface area contributed by atoms with Gasteiger partial charge < -0.3 is 20.5 Å². The molecule has 1 aromatic carbocycles. The minimum absolute atomic E-state index is 0.351. The lowest BCUT2D eigenvalue weighted by molar-refractivity contribution is 0.0202. The van der Waals surface area contributed by atoms with Crippen molar-refractivity contribution in [2.24, 2.45) is 0 Å². The zero-order valence-electron chi connectivity index (χ0n) is 10.2. The van der Waals surface area contributed by atoms with Gasteiger partial charge in [-0.05, 0) is 18.2 Å². The Kier molecular flexibility index (Phi) is 4.09. The van der Waals surface area contributed by atoms with Crippen LogP contribution < -0.4 is 5.32 Å². The van der Waals surface area contributed by atoms with Gasteiger partial charge in [0.25, 0.3) is 0 Å². The Morgan fingerprint density at radius 2 is 2.00 bits per heavy atom. The Morgan fingerprint density at radius 3 is 2.56 bits per heavy atom. The molecular formula is C13H17N3O2. The van der Waals surface area contributed by atoms with E-state index in [0.29, 0.717) is 12.1 Å². The van der Waals surface area contributed by atoms with Crippen molar-refractivity contribution < 1.29 is 10.2 Å². The van der Waals surface area contributed by atoms with Gasteiger partial charge in [0.05, 0.1) is 24.3 Å². The highest BCUT2D eigenvalue weighted by Gasteiger charge is 2.17. The summed E-state index contributed by atoms with van der Waals surface area (Å²) in [5, 5.41) is 22.5. The Balaban J connectivity index is 2.12. The predicted molar refractivity (Wildman–Crippen MR) is 68.9 cm³/mol. The first-order valence-corrected chi connectivity index (χ1v) is 5.82. The maximum absolute atomic E-state index is 9.93. The number of benzene rings is 1. The molecule has 96 valence electrons. The molecule has 0 saturated heterocycles. The largest absolute Gasteiger partial charge is 0.389 e. The standard InChI is InChI=1S/C13H17N3O2/c1-14-7-12(17)13(18)10-4-2-9(3-5-10)11-6-15-8-16-11/h2-6,8,12-14,17-18H,7H2,1H3,(H,15,16). The molecule has 0 aliphatic carbocycles. The maximum Gasteiger partial charge on any atom is 0.106 e. The highest BCUT2D eigenvalue weighted by Crippen LogP contribution is 2.21. The lowest BCUT2D eigenvalue weighted by Gasteiger charge is -2.17. The van der Waals surface area contributed by atoms with Gasteiger partial charge >= 0.3 is 0 Å². The van der Waals surface area contributed by atoms with Gasteiger partial charge in [-0.25, -0.2) is 4.98 Å². The minimum atomic E-state index is -0.881. The fraction of sp³-hybridized carbons (Fsp3) is 0.308. The van der Waals surface area contributed by atoms with E-state index < -0.39 is 12.2 Å². The second kappa shape index (κ2) is 5.77. The first-order valence-electron chi connectivity index (χ1n) is 5.82. The van der Waals surface area contributed by atoms with Gasteiger partial charge in [0, 0.05) is 6.54 Å². The van der Waals surface area contributed by atoms with E-state index in [4.69, 9.17) is 0 Å².